The fourth-order valence-corrected chi connectivity index (χ4v) is 5.28. The van der Waals surface area contributed by atoms with E-state index in [1.807, 2.05) is 44.6 Å². The molecule has 2 unspecified atom stereocenters. The topological polar surface area (TPSA) is 69.0 Å². The molecule has 3 aromatic heterocycles. The summed E-state index contributed by atoms with van der Waals surface area (Å²) in [4.78, 5) is 7.14. The van der Waals surface area contributed by atoms with Crippen LogP contribution in [0, 0.1) is 31.6 Å². The van der Waals surface area contributed by atoms with E-state index in [-0.39, 0.29) is 0 Å². The Balaban J connectivity index is 1.11. The first kappa shape index (κ1) is 20.1. The maximum atomic E-state index is 6.00. The van der Waals surface area contributed by atoms with Crippen molar-refractivity contribution in [1.82, 2.24) is 29.9 Å². The molecule has 0 amide bonds. The lowest BCUT2D eigenvalue weighted by Crippen LogP contribution is -2.23. The van der Waals surface area contributed by atoms with Crippen LogP contribution in [0.3, 0.4) is 0 Å². The monoisotopic (exact) mass is 418 g/mol. The lowest BCUT2D eigenvalue weighted by Gasteiger charge is -2.19. The highest BCUT2D eigenvalue weighted by molar-refractivity contribution is 5.60. The van der Waals surface area contributed by atoms with Crippen molar-refractivity contribution in [3.63, 3.8) is 0 Å². The smallest absolute Gasteiger partial charge is 0.233 e. The second kappa shape index (κ2) is 8.38. The van der Waals surface area contributed by atoms with Crippen molar-refractivity contribution in [2.75, 3.05) is 19.7 Å². The van der Waals surface area contributed by atoms with Crippen LogP contribution in [0.15, 0.2) is 36.7 Å². The van der Waals surface area contributed by atoms with E-state index in [4.69, 9.17) is 4.74 Å². The molecule has 0 N–H and O–H groups in total. The number of hydrogen-bond donors (Lipinski definition) is 0. The summed E-state index contributed by atoms with van der Waals surface area (Å²) >= 11 is 0. The average Bonchev–Trinajstić information content (AvgIpc) is 3.41. The summed E-state index contributed by atoms with van der Waals surface area (Å²) in [5.74, 6) is 2.77. The number of likely N-dealkylation sites (tertiary alicyclic amines) is 1. The van der Waals surface area contributed by atoms with E-state index >= 15 is 0 Å². The van der Waals surface area contributed by atoms with Gasteiger partial charge < -0.3 is 4.74 Å². The largest absolute Gasteiger partial charge is 0.476 e. The fraction of sp³-hybridized carbons (Fsp3) is 0.500. The first-order chi connectivity index (χ1) is 15.0. The Kier molecular flexibility index (Phi) is 5.44. The first-order valence-corrected chi connectivity index (χ1v) is 11.1. The highest BCUT2D eigenvalue weighted by atomic mass is 16.5. The zero-order valence-corrected chi connectivity index (χ0v) is 18.5. The summed E-state index contributed by atoms with van der Waals surface area (Å²) in [6.45, 7) is 8.19. The average molecular weight is 419 g/mol. The number of aryl methyl sites for hydroxylation is 3. The molecule has 1 aliphatic heterocycles. The van der Waals surface area contributed by atoms with E-state index in [0.717, 1.165) is 41.9 Å². The number of pyridine rings is 1. The molecular formula is C24H30N6O. The van der Waals surface area contributed by atoms with Gasteiger partial charge >= 0.3 is 0 Å². The Morgan fingerprint density at radius 3 is 2.52 bits per heavy atom. The summed E-state index contributed by atoms with van der Waals surface area (Å²) in [6.07, 6.45) is 6.35. The second-order valence-corrected chi connectivity index (χ2v) is 9.19. The Morgan fingerprint density at radius 2 is 1.87 bits per heavy atom. The predicted molar refractivity (Wildman–Crippen MR) is 118 cm³/mol. The third-order valence-electron chi connectivity index (χ3n) is 6.81. The third kappa shape index (κ3) is 4.32. The molecule has 7 heteroatoms. The van der Waals surface area contributed by atoms with Gasteiger partial charge in [0.1, 0.15) is 0 Å². The van der Waals surface area contributed by atoms with Crippen LogP contribution < -0.4 is 4.74 Å². The molecule has 3 aromatic rings. The van der Waals surface area contributed by atoms with Crippen LogP contribution in [0.1, 0.15) is 29.8 Å². The van der Waals surface area contributed by atoms with Gasteiger partial charge in [-0.25, -0.2) is 0 Å². The predicted octanol–water partition coefficient (Wildman–Crippen LogP) is 3.43. The fourth-order valence-electron chi connectivity index (χ4n) is 5.28. The molecule has 162 valence electrons. The van der Waals surface area contributed by atoms with E-state index in [1.54, 1.807) is 4.68 Å². The molecule has 0 bridgehead atoms. The van der Waals surface area contributed by atoms with Crippen LogP contribution in [-0.4, -0.2) is 49.6 Å². The van der Waals surface area contributed by atoms with E-state index < -0.39 is 0 Å². The van der Waals surface area contributed by atoms with Gasteiger partial charge in [0.05, 0.1) is 23.7 Å². The highest BCUT2D eigenvalue weighted by Crippen LogP contribution is 2.42. The number of ether oxygens (including phenoxy) is 1. The Labute approximate surface area is 183 Å². The van der Waals surface area contributed by atoms with Crippen LogP contribution in [-0.2, 0) is 13.6 Å². The van der Waals surface area contributed by atoms with Crippen LogP contribution in [0.4, 0.5) is 0 Å². The van der Waals surface area contributed by atoms with Gasteiger partial charge in [0.2, 0.25) is 5.88 Å². The van der Waals surface area contributed by atoms with E-state index in [0.29, 0.717) is 11.8 Å². The van der Waals surface area contributed by atoms with Crippen molar-refractivity contribution in [2.45, 2.75) is 33.2 Å². The molecule has 1 aliphatic carbocycles. The summed E-state index contributed by atoms with van der Waals surface area (Å²) in [7, 11) is 1.91. The Hall–Kier alpha value is -2.80. The van der Waals surface area contributed by atoms with Crippen molar-refractivity contribution in [1.29, 1.82) is 0 Å². The second-order valence-electron chi connectivity index (χ2n) is 9.19. The van der Waals surface area contributed by atoms with Crippen molar-refractivity contribution >= 4 is 0 Å². The minimum atomic E-state index is 0.606. The first-order valence-electron chi connectivity index (χ1n) is 11.1. The molecule has 2 atom stereocenters. The van der Waals surface area contributed by atoms with Crippen LogP contribution >= 0.6 is 0 Å². The van der Waals surface area contributed by atoms with Crippen LogP contribution in [0.5, 0.6) is 5.88 Å². The van der Waals surface area contributed by atoms with Crippen LogP contribution in [0.2, 0.25) is 0 Å². The minimum Gasteiger partial charge on any atom is -0.476 e. The third-order valence-corrected chi connectivity index (χ3v) is 6.81. The lowest BCUT2D eigenvalue weighted by molar-refractivity contribution is 0.219. The number of fused-ring (bicyclic) bond motifs is 1. The normalized spacial score (nSPS) is 23.3. The summed E-state index contributed by atoms with van der Waals surface area (Å²) < 4.78 is 7.80. The molecule has 5 rings (SSSR count). The number of rotatable bonds is 6. The van der Waals surface area contributed by atoms with Gasteiger partial charge in [-0.2, -0.15) is 5.10 Å². The summed E-state index contributed by atoms with van der Waals surface area (Å²) in [5, 5.41) is 13.0. The van der Waals surface area contributed by atoms with E-state index in [2.05, 4.69) is 38.2 Å². The van der Waals surface area contributed by atoms with Gasteiger partial charge in [-0.1, -0.05) is 6.07 Å². The number of hydrogen-bond acceptors (Lipinski definition) is 6. The van der Waals surface area contributed by atoms with Crippen molar-refractivity contribution in [2.24, 2.45) is 24.8 Å². The molecular weight excluding hydrogens is 388 g/mol. The zero-order chi connectivity index (χ0) is 21.4. The Bertz CT molecular complexity index is 1030. The molecule has 4 heterocycles. The summed E-state index contributed by atoms with van der Waals surface area (Å²) in [5.41, 5.74) is 5.30. The molecule has 1 saturated heterocycles. The van der Waals surface area contributed by atoms with Gasteiger partial charge in [-0.3, -0.25) is 14.6 Å². The van der Waals surface area contributed by atoms with E-state index in [9.17, 15) is 0 Å². The lowest BCUT2D eigenvalue weighted by atomic mass is 10.0. The number of nitrogens with zero attached hydrogens (tertiary/aromatic N) is 6. The van der Waals surface area contributed by atoms with Gasteiger partial charge in [0.25, 0.3) is 0 Å². The molecule has 31 heavy (non-hydrogen) atoms. The van der Waals surface area contributed by atoms with Gasteiger partial charge in [0, 0.05) is 50.7 Å². The molecule has 0 spiro atoms. The van der Waals surface area contributed by atoms with Gasteiger partial charge in [0.15, 0.2) is 0 Å². The van der Waals surface area contributed by atoms with Gasteiger partial charge in [-0.05, 0) is 62.1 Å². The van der Waals surface area contributed by atoms with Crippen molar-refractivity contribution in [3.8, 4) is 17.1 Å². The zero-order valence-electron chi connectivity index (χ0n) is 18.5. The van der Waals surface area contributed by atoms with E-state index in [1.165, 1.54) is 37.2 Å². The molecule has 7 nitrogen and oxygen atoms in total. The maximum Gasteiger partial charge on any atom is 0.233 e. The Morgan fingerprint density at radius 1 is 1.06 bits per heavy atom. The molecule has 0 radical (unpaired) electrons. The molecule has 2 aliphatic rings. The van der Waals surface area contributed by atoms with Crippen LogP contribution in [0.25, 0.3) is 11.3 Å². The quantitative estimate of drug-likeness (QED) is 0.611. The maximum absolute atomic E-state index is 6.00. The standard InChI is InChI=1S/C24H30N6O/c1-16-5-4-8-25-23(16)14-30-11-19-9-18(10-20(19)12-30)15-31-24-7-6-22(26-27-24)21-13-29(3)28-17(21)2/h4-8,13,18-20H,9-12,14-15H2,1-3H3. The minimum absolute atomic E-state index is 0.606. The number of aromatic nitrogens is 5. The summed E-state index contributed by atoms with van der Waals surface area (Å²) in [6, 6.07) is 8.05. The highest BCUT2D eigenvalue weighted by Gasteiger charge is 2.41. The molecule has 1 saturated carbocycles. The van der Waals surface area contributed by atoms with Crippen molar-refractivity contribution in [3.05, 3.63) is 53.6 Å². The molecule has 0 aromatic carbocycles. The SMILES string of the molecule is Cc1cccnc1CN1CC2CC(COc3ccc(-c4cn(C)nc4C)nn3)CC2C1. The van der Waals surface area contributed by atoms with Gasteiger partial charge in [-0.15, -0.1) is 10.2 Å². The molecule has 2 fully saturated rings. The van der Waals surface area contributed by atoms with Crippen molar-refractivity contribution < 1.29 is 4.74 Å².